The van der Waals surface area contributed by atoms with Crippen LogP contribution in [0.3, 0.4) is 0 Å². The van der Waals surface area contributed by atoms with Crippen molar-refractivity contribution in [1.82, 2.24) is 0 Å². The Morgan fingerprint density at radius 1 is 1.44 bits per heavy atom. The lowest BCUT2D eigenvalue weighted by atomic mass is 9.85. The van der Waals surface area contributed by atoms with Crippen LogP contribution in [-0.2, 0) is 11.2 Å². The third-order valence-corrected chi connectivity index (χ3v) is 3.05. The first kappa shape index (κ1) is 11.0. The molecule has 2 rings (SSSR count). The van der Waals surface area contributed by atoms with Gasteiger partial charge in [-0.05, 0) is 42.5 Å². The molecule has 1 aromatic rings. The number of carbonyl (C=O) groups is 1. The fraction of sp³-hybridized carbons (Fsp3) is 0.308. The van der Waals surface area contributed by atoms with Crippen LogP contribution >= 0.6 is 0 Å². The molecule has 82 valence electrons. The molecular formula is C13H15BO2. The lowest BCUT2D eigenvalue weighted by molar-refractivity contribution is 0.0600. The Hall–Kier alpha value is -1.51. The highest BCUT2D eigenvalue weighted by atomic mass is 16.5. The number of carbonyl (C=O) groups excluding carboxylic acids is 1. The number of allylic oxidation sites excluding steroid dienone is 1. The van der Waals surface area contributed by atoms with E-state index >= 15 is 0 Å². The molecule has 3 heteroatoms. The van der Waals surface area contributed by atoms with Gasteiger partial charge in [0.25, 0.3) is 0 Å². The van der Waals surface area contributed by atoms with E-state index in [2.05, 4.69) is 13.9 Å². The fourth-order valence-electron chi connectivity index (χ4n) is 2.15. The summed E-state index contributed by atoms with van der Waals surface area (Å²) in [4.78, 5) is 11.4. The molecule has 0 fully saturated rings. The number of hydrogen-bond donors (Lipinski definition) is 0. The number of esters is 1. The number of methoxy groups -OCH3 is 1. The van der Waals surface area contributed by atoms with E-state index in [1.807, 2.05) is 18.2 Å². The first-order chi connectivity index (χ1) is 7.72. The summed E-state index contributed by atoms with van der Waals surface area (Å²) in [6, 6.07) is 5.83. The largest absolute Gasteiger partial charge is 0.465 e. The maximum absolute atomic E-state index is 11.4. The zero-order valence-corrected chi connectivity index (χ0v) is 9.75. The number of ether oxygens (including phenoxy) is 1. The molecule has 0 heterocycles. The van der Waals surface area contributed by atoms with Gasteiger partial charge in [0.2, 0.25) is 0 Å². The summed E-state index contributed by atoms with van der Waals surface area (Å²) in [6.07, 6.45) is 5.57. The van der Waals surface area contributed by atoms with Crippen molar-refractivity contribution in [2.45, 2.75) is 19.3 Å². The summed E-state index contributed by atoms with van der Waals surface area (Å²) in [6.45, 7) is 0. The van der Waals surface area contributed by atoms with Crippen LogP contribution in [0.5, 0.6) is 0 Å². The maximum atomic E-state index is 11.4. The predicted molar refractivity (Wildman–Crippen MR) is 67.2 cm³/mol. The van der Waals surface area contributed by atoms with Crippen molar-refractivity contribution in [3.8, 4) is 0 Å². The monoisotopic (exact) mass is 214 g/mol. The smallest absolute Gasteiger partial charge is 0.337 e. The van der Waals surface area contributed by atoms with Gasteiger partial charge in [-0.2, -0.15) is 0 Å². The Morgan fingerprint density at radius 3 is 3.00 bits per heavy atom. The minimum Gasteiger partial charge on any atom is -0.465 e. The summed E-state index contributed by atoms with van der Waals surface area (Å²) in [5.41, 5.74) is 4.49. The van der Waals surface area contributed by atoms with Crippen LogP contribution in [0.2, 0.25) is 0 Å². The molecule has 0 saturated carbocycles. The number of aryl methyl sites for hydroxylation is 1. The molecule has 0 spiro atoms. The molecular weight excluding hydrogens is 199 g/mol. The highest BCUT2D eigenvalue weighted by Gasteiger charge is 2.12. The average molecular weight is 214 g/mol. The van der Waals surface area contributed by atoms with E-state index in [4.69, 9.17) is 4.74 Å². The van der Waals surface area contributed by atoms with E-state index in [1.54, 1.807) is 0 Å². The molecule has 0 amide bonds. The third kappa shape index (κ3) is 2.03. The van der Waals surface area contributed by atoms with E-state index in [0.717, 1.165) is 19.3 Å². The van der Waals surface area contributed by atoms with Crippen LogP contribution in [0, 0.1) is 0 Å². The standard InChI is InChI=1S/C13H15BO2/c1-16-13(15)10-6-7-11-9(8-10)4-2-3-5-12(11)14/h5-8H,2-4,14H2,1H3. The first-order valence-corrected chi connectivity index (χ1v) is 5.61. The molecule has 1 aliphatic carbocycles. The molecule has 0 saturated heterocycles. The van der Waals surface area contributed by atoms with Crippen molar-refractivity contribution in [3.63, 3.8) is 0 Å². The summed E-state index contributed by atoms with van der Waals surface area (Å²) in [5, 5.41) is 0. The van der Waals surface area contributed by atoms with Crippen molar-refractivity contribution >= 4 is 19.3 Å². The van der Waals surface area contributed by atoms with Gasteiger partial charge < -0.3 is 4.74 Å². The molecule has 0 atom stereocenters. The minimum atomic E-state index is -0.256. The number of rotatable bonds is 1. The number of fused-ring (bicyclic) bond motifs is 1. The lowest BCUT2D eigenvalue weighted by Crippen LogP contribution is -2.03. The zero-order valence-electron chi connectivity index (χ0n) is 9.75. The summed E-state index contributed by atoms with van der Waals surface area (Å²) < 4.78 is 4.73. The van der Waals surface area contributed by atoms with E-state index in [1.165, 1.54) is 23.7 Å². The molecule has 0 radical (unpaired) electrons. The number of benzene rings is 1. The molecule has 1 aliphatic rings. The van der Waals surface area contributed by atoms with Crippen molar-refractivity contribution in [3.05, 3.63) is 41.0 Å². The van der Waals surface area contributed by atoms with Crippen molar-refractivity contribution < 1.29 is 9.53 Å². The van der Waals surface area contributed by atoms with E-state index in [9.17, 15) is 4.79 Å². The highest BCUT2D eigenvalue weighted by Crippen LogP contribution is 2.24. The minimum absolute atomic E-state index is 0.256. The Morgan fingerprint density at radius 2 is 2.25 bits per heavy atom. The summed E-state index contributed by atoms with van der Waals surface area (Å²) in [7, 11) is 3.54. The second-order valence-corrected chi connectivity index (χ2v) is 4.14. The third-order valence-electron chi connectivity index (χ3n) is 3.05. The lowest BCUT2D eigenvalue weighted by Gasteiger charge is -2.09. The van der Waals surface area contributed by atoms with Crippen LogP contribution in [0.15, 0.2) is 24.3 Å². The summed E-state index contributed by atoms with van der Waals surface area (Å²) >= 11 is 0. The molecule has 0 N–H and O–H groups in total. The fourth-order valence-corrected chi connectivity index (χ4v) is 2.15. The van der Waals surface area contributed by atoms with Crippen molar-refractivity contribution in [2.75, 3.05) is 7.11 Å². The normalized spacial score (nSPS) is 14.7. The predicted octanol–water partition coefficient (Wildman–Crippen LogP) is 1.78. The molecule has 2 nitrogen and oxygen atoms in total. The topological polar surface area (TPSA) is 26.3 Å². The van der Waals surface area contributed by atoms with E-state index in [-0.39, 0.29) is 5.97 Å². The van der Waals surface area contributed by atoms with Crippen LogP contribution in [0.25, 0.3) is 5.47 Å². The second-order valence-electron chi connectivity index (χ2n) is 4.14. The van der Waals surface area contributed by atoms with Crippen LogP contribution in [-0.4, -0.2) is 20.9 Å². The van der Waals surface area contributed by atoms with Gasteiger partial charge in [0.15, 0.2) is 0 Å². The van der Waals surface area contributed by atoms with Crippen molar-refractivity contribution in [2.24, 2.45) is 0 Å². The Labute approximate surface area is 96.7 Å². The maximum Gasteiger partial charge on any atom is 0.337 e. The zero-order chi connectivity index (χ0) is 11.5. The second kappa shape index (κ2) is 4.56. The van der Waals surface area contributed by atoms with Gasteiger partial charge in [-0.15, -0.1) is 0 Å². The van der Waals surface area contributed by atoms with Crippen LogP contribution < -0.4 is 0 Å². The van der Waals surface area contributed by atoms with Gasteiger partial charge in [-0.1, -0.05) is 17.6 Å². The number of hydrogen-bond acceptors (Lipinski definition) is 2. The van der Waals surface area contributed by atoms with Crippen LogP contribution in [0.1, 0.15) is 34.3 Å². The molecule has 0 unspecified atom stereocenters. The molecule has 0 aromatic heterocycles. The quantitative estimate of drug-likeness (QED) is 0.526. The molecule has 0 bridgehead atoms. The SMILES string of the molecule is BC1=CCCCc2cc(C(=O)OC)ccc21. The molecule has 0 aliphatic heterocycles. The van der Waals surface area contributed by atoms with E-state index in [0.29, 0.717) is 5.56 Å². The summed E-state index contributed by atoms with van der Waals surface area (Å²) in [5.74, 6) is -0.256. The van der Waals surface area contributed by atoms with Gasteiger partial charge >= 0.3 is 5.97 Å². The Bertz CT molecular complexity index is 449. The average Bonchev–Trinajstić information content (AvgIpc) is 2.50. The van der Waals surface area contributed by atoms with Gasteiger partial charge in [-0.3, -0.25) is 0 Å². The van der Waals surface area contributed by atoms with Gasteiger partial charge in [-0.25, -0.2) is 4.79 Å². The Balaban J connectivity index is 2.43. The van der Waals surface area contributed by atoms with Gasteiger partial charge in [0, 0.05) is 0 Å². The van der Waals surface area contributed by atoms with Gasteiger partial charge in [0.05, 0.1) is 12.7 Å². The molecule has 1 aromatic carbocycles. The first-order valence-electron chi connectivity index (χ1n) is 5.61. The van der Waals surface area contributed by atoms with Crippen molar-refractivity contribution in [1.29, 1.82) is 0 Å². The molecule has 16 heavy (non-hydrogen) atoms. The van der Waals surface area contributed by atoms with E-state index < -0.39 is 0 Å². The van der Waals surface area contributed by atoms with Gasteiger partial charge in [0.1, 0.15) is 7.85 Å². The Kier molecular flexibility index (Phi) is 3.13. The van der Waals surface area contributed by atoms with Crippen LogP contribution in [0.4, 0.5) is 0 Å². The highest BCUT2D eigenvalue weighted by molar-refractivity contribution is 6.42.